The van der Waals surface area contributed by atoms with E-state index in [1.165, 1.54) is 29.8 Å². The average molecular weight is 357 g/mol. The van der Waals surface area contributed by atoms with Crippen molar-refractivity contribution in [1.29, 1.82) is 0 Å². The maximum absolute atomic E-state index is 12.8. The van der Waals surface area contributed by atoms with E-state index in [-0.39, 0.29) is 18.3 Å². The number of nitrogens with zero attached hydrogens (tertiary/aromatic N) is 1. The van der Waals surface area contributed by atoms with Crippen molar-refractivity contribution in [2.75, 3.05) is 13.2 Å². The van der Waals surface area contributed by atoms with Gasteiger partial charge in [-0.3, -0.25) is 4.79 Å². The molecule has 6 heteroatoms. The third-order valence-corrected chi connectivity index (χ3v) is 4.27. The fourth-order valence-electron chi connectivity index (χ4n) is 2.90. The zero-order valence-electron chi connectivity index (χ0n) is 14.5. The minimum Gasteiger partial charge on any atom is -0.482 e. The third-order valence-electron chi connectivity index (χ3n) is 4.27. The highest BCUT2D eigenvalue weighted by Gasteiger charge is 2.26. The van der Waals surface area contributed by atoms with Gasteiger partial charge >= 0.3 is 5.97 Å². The molecule has 0 radical (unpaired) electrons. The van der Waals surface area contributed by atoms with Crippen LogP contribution in [0.15, 0.2) is 48.5 Å². The second kappa shape index (κ2) is 7.99. The lowest BCUT2D eigenvalue weighted by Crippen LogP contribution is -2.43. The van der Waals surface area contributed by atoms with Crippen molar-refractivity contribution in [2.45, 2.75) is 26.0 Å². The van der Waals surface area contributed by atoms with Crippen LogP contribution in [0.4, 0.5) is 4.39 Å². The van der Waals surface area contributed by atoms with Gasteiger partial charge in [0.05, 0.1) is 0 Å². The average Bonchev–Trinajstić information content (AvgIpc) is 2.66. The number of rotatable bonds is 5. The summed E-state index contributed by atoms with van der Waals surface area (Å²) in [5.74, 6) is -0.903. The first-order valence-electron chi connectivity index (χ1n) is 8.46. The van der Waals surface area contributed by atoms with Crippen LogP contribution >= 0.6 is 0 Å². The number of hydrogen-bond acceptors (Lipinski definition) is 4. The Labute approximate surface area is 151 Å². The Kier molecular flexibility index (Phi) is 5.51. The number of fused-ring (bicyclic) bond motifs is 1. The van der Waals surface area contributed by atoms with E-state index in [0.717, 1.165) is 12.0 Å². The monoisotopic (exact) mass is 357 g/mol. The van der Waals surface area contributed by atoms with Crippen molar-refractivity contribution in [3.05, 3.63) is 65.5 Å². The molecule has 0 N–H and O–H groups in total. The van der Waals surface area contributed by atoms with Crippen LogP contribution in [0.3, 0.4) is 0 Å². The summed E-state index contributed by atoms with van der Waals surface area (Å²) in [5, 5.41) is 0. The summed E-state index contributed by atoms with van der Waals surface area (Å²) in [6.45, 7) is 2.33. The molecule has 26 heavy (non-hydrogen) atoms. The molecule has 1 aliphatic heterocycles. The van der Waals surface area contributed by atoms with Gasteiger partial charge in [0.25, 0.3) is 5.91 Å². The number of ether oxygens (including phenoxy) is 2. The maximum atomic E-state index is 12.8. The van der Waals surface area contributed by atoms with Crippen molar-refractivity contribution < 1.29 is 23.5 Å². The minimum atomic E-state index is -0.885. The van der Waals surface area contributed by atoms with Gasteiger partial charge in [-0.15, -0.1) is 0 Å². The molecular weight excluding hydrogens is 337 g/mol. The fourth-order valence-corrected chi connectivity index (χ4v) is 2.90. The Morgan fingerprint density at radius 2 is 1.81 bits per heavy atom. The quantitative estimate of drug-likeness (QED) is 0.772. The molecule has 1 atom stereocenters. The summed E-state index contributed by atoms with van der Waals surface area (Å²) in [5.41, 5.74) is 2.36. The molecule has 0 aromatic heterocycles. The van der Waals surface area contributed by atoms with Crippen molar-refractivity contribution in [3.63, 3.8) is 0 Å². The van der Waals surface area contributed by atoms with E-state index < -0.39 is 12.1 Å². The Morgan fingerprint density at radius 1 is 1.12 bits per heavy atom. The minimum absolute atomic E-state index is 0.227. The van der Waals surface area contributed by atoms with Crippen LogP contribution in [0.5, 0.6) is 5.75 Å². The van der Waals surface area contributed by atoms with Crippen LogP contribution in [0.25, 0.3) is 0 Å². The van der Waals surface area contributed by atoms with Gasteiger partial charge in [0, 0.05) is 13.1 Å². The van der Waals surface area contributed by atoms with Crippen LogP contribution in [0.1, 0.15) is 18.1 Å². The van der Waals surface area contributed by atoms with Crippen LogP contribution < -0.4 is 4.74 Å². The molecule has 0 aliphatic carbocycles. The van der Waals surface area contributed by atoms with Gasteiger partial charge in [0.2, 0.25) is 0 Å². The summed E-state index contributed by atoms with van der Waals surface area (Å²) in [7, 11) is 0. The third kappa shape index (κ3) is 4.39. The van der Waals surface area contributed by atoms with Gasteiger partial charge < -0.3 is 14.4 Å². The summed E-state index contributed by atoms with van der Waals surface area (Å²) < 4.78 is 23.2. The van der Waals surface area contributed by atoms with Gasteiger partial charge in [0.15, 0.2) is 12.7 Å². The van der Waals surface area contributed by atoms with E-state index in [1.54, 1.807) is 11.8 Å². The number of halogens is 1. The van der Waals surface area contributed by atoms with E-state index in [1.807, 2.05) is 18.2 Å². The number of carbonyl (C=O) groups is 2. The van der Waals surface area contributed by atoms with Gasteiger partial charge in [-0.1, -0.05) is 24.3 Å². The topological polar surface area (TPSA) is 55.8 Å². The lowest BCUT2D eigenvalue weighted by atomic mass is 9.99. The first kappa shape index (κ1) is 17.9. The van der Waals surface area contributed by atoms with Crippen LogP contribution in [-0.2, 0) is 27.3 Å². The molecule has 136 valence electrons. The van der Waals surface area contributed by atoms with E-state index in [0.29, 0.717) is 18.8 Å². The summed E-state index contributed by atoms with van der Waals surface area (Å²) in [6.07, 6.45) is -0.0967. The standard InChI is InChI=1S/C20H20FNO4/c1-14(26-19(23)13-25-18-8-6-17(21)7-9-18)20(24)22-11-10-15-4-2-3-5-16(15)12-22/h2-9,14H,10-13H2,1H3/t14-/m1/s1. The lowest BCUT2D eigenvalue weighted by molar-refractivity contribution is -0.161. The maximum Gasteiger partial charge on any atom is 0.344 e. The summed E-state index contributed by atoms with van der Waals surface area (Å²) >= 11 is 0. The Morgan fingerprint density at radius 3 is 2.54 bits per heavy atom. The number of amides is 1. The molecule has 1 heterocycles. The van der Waals surface area contributed by atoms with E-state index in [4.69, 9.17) is 9.47 Å². The molecule has 0 spiro atoms. The van der Waals surface area contributed by atoms with E-state index in [9.17, 15) is 14.0 Å². The van der Waals surface area contributed by atoms with Crippen LogP contribution in [-0.4, -0.2) is 36.0 Å². The molecule has 3 rings (SSSR count). The molecule has 0 saturated carbocycles. The molecule has 0 bridgehead atoms. The molecule has 2 aromatic rings. The molecule has 1 amide bonds. The molecule has 2 aromatic carbocycles. The Hall–Kier alpha value is -2.89. The molecule has 5 nitrogen and oxygen atoms in total. The highest BCUT2D eigenvalue weighted by Crippen LogP contribution is 2.19. The predicted octanol–water partition coefficient (Wildman–Crippen LogP) is 2.72. The van der Waals surface area contributed by atoms with Crippen LogP contribution in [0, 0.1) is 5.82 Å². The zero-order chi connectivity index (χ0) is 18.5. The highest BCUT2D eigenvalue weighted by atomic mass is 19.1. The zero-order valence-corrected chi connectivity index (χ0v) is 14.5. The van der Waals surface area contributed by atoms with Gasteiger partial charge in [-0.05, 0) is 48.7 Å². The van der Waals surface area contributed by atoms with Gasteiger partial charge in [-0.2, -0.15) is 0 Å². The molecular formula is C20H20FNO4. The van der Waals surface area contributed by atoms with Crippen molar-refractivity contribution in [1.82, 2.24) is 4.90 Å². The highest BCUT2D eigenvalue weighted by molar-refractivity contribution is 5.84. The molecule has 0 saturated heterocycles. The smallest absolute Gasteiger partial charge is 0.344 e. The largest absolute Gasteiger partial charge is 0.482 e. The van der Waals surface area contributed by atoms with Crippen molar-refractivity contribution in [3.8, 4) is 5.75 Å². The second-order valence-electron chi connectivity index (χ2n) is 6.15. The fraction of sp³-hybridized carbons (Fsp3) is 0.300. The second-order valence-corrected chi connectivity index (χ2v) is 6.15. The number of hydrogen-bond donors (Lipinski definition) is 0. The first-order chi connectivity index (χ1) is 12.5. The SMILES string of the molecule is C[C@@H](OC(=O)COc1ccc(F)cc1)C(=O)N1CCc2ccccc2C1. The van der Waals surface area contributed by atoms with Gasteiger partial charge in [0.1, 0.15) is 11.6 Å². The van der Waals surface area contributed by atoms with E-state index >= 15 is 0 Å². The predicted molar refractivity (Wildman–Crippen MR) is 93.0 cm³/mol. The van der Waals surface area contributed by atoms with Crippen molar-refractivity contribution >= 4 is 11.9 Å². The Balaban J connectivity index is 1.49. The molecule has 0 unspecified atom stereocenters. The van der Waals surface area contributed by atoms with Crippen LogP contribution in [0.2, 0.25) is 0 Å². The van der Waals surface area contributed by atoms with Gasteiger partial charge in [-0.25, -0.2) is 9.18 Å². The number of carbonyl (C=O) groups excluding carboxylic acids is 2. The first-order valence-corrected chi connectivity index (χ1v) is 8.46. The van der Waals surface area contributed by atoms with E-state index in [2.05, 4.69) is 6.07 Å². The number of esters is 1. The molecule has 1 aliphatic rings. The van der Waals surface area contributed by atoms with Crippen molar-refractivity contribution in [2.24, 2.45) is 0 Å². The number of benzene rings is 2. The molecule has 0 fully saturated rings. The summed E-state index contributed by atoms with van der Waals surface area (Å²) in [4.78, 5) is 26.1. The normalized spacial score (nSPS) is 14.3. The lowest BCUT2D eigenvalue weighted by Gasteiger charge is -2.30. The Bertz CT molecular complexity index is 791. The summed E-state index contributed by atoms with van der Waals surface area (Å²) in [6, 6.07) is 13.3.